The maximum Gasteiger partial charge on any atom is 0.167 e. The molecular formula is C15H11BrClIO2. The molecular weight excluding hydrogens is 454 g/mol. The molecule has 0 aromatic heterocycles. The molecule has 0 heterocycles. The van der Waals surface area contributed by atoms with Gasteiger partial charge in [0.25, 0.3) is 0 Å². The van der Waals surface area contributed by atoms with Gasteiger partial charge in [-0.05, 0) is 68.3 Å². The maximum atomic E-state index is 12.2. The normalized spacial score (nSPS) is 10.4. The molecule has 0 aliphatic rings. The Balaban J connectivity index is 2.19. The summed E-state index contributed by atoms with van der Waals surface area (Å²) in [4.78, 5) is 12.2. The van der Waals surface area contributed by atoms with Gasteiger partial charge in [-0.1, -0.05) is 23.7 Å². The molecule has 0 radical (unpaired) electrons. The van der Waals surface area contributed by atoms with Gasteiger partial charge in [-0.3, -0.25) is 4.79 Å². The van der Waals surface area contributed by atoms with Gasteiger partial charge in [0.1, 0.15) is 5.75 Å². The maximum absolute atomic E-state index is 12.2. The van der Waals surface area contributed by atoms with Crippen molar-refractivity contribution in [2.24, 2.45) is 0 Å². The van der Waals surface area contributed by atoms with Crippen molar-refractivity contribution in [2.45, 2.75) is 6.42 Å². The van der Waals surface area contributed by atoms with Crippen LogP contribution in [0.1, 0.15) is 15.9 Å². The Labute approximate surface area is 144 Å². The Morgan fingerprint density at radius 2 is 2.05 bits per heavy atom. The van der Waals surface area contributed by atoms with Gasteiger partial charge in [0.05, 0.1) is 16.6 Å². The number of hydrogen-bond donors (Lipinski definition) is 0. The van der Waals surface area contributed by atoms with E-state index in [1.165, 1.54) is 0 Å². The zero-order chi connectivity index (χ0) is 14.7. The number of Topliss-reactive ketones (excluding diaryl/α,β-unsaturated/α-hetero) is 1. The molecule has 5 heteroatoms. The highest BCUT2D eigenvalue weighted by molar-refractivity contribution is 14.1. The van der Waals surface area contributed by atoms with Crippen LogP contribution in [0.3, 0.4) is 0 Å². The van der Waals surface area contributed by atoms with Crippen LogP contribution in [0, 0.1) is 3.57 Å². The zero-order valence-corrected chi connectivity index (χ0v) is 15.1. The van der Waals surface area contributed by atoms with Crippen LogP contribution in [-0.4, -0.2) is 12.9 Å². The van der Waals surface area contributed by atoms with E-state index in [-0.39, 0.29) is 5.78 Å². The monoisotopic (exact) mass is 464 g/mol. The van der Waals surface area contributed by atoms with Crippen molar-refractivity contribution in [1.82, 2.24) is 0 Å². The molecule has 0 saturated heterocycles. The summed E-state index contributed by atoms with van der Waals surface area (Å²) in [6, 6.07) is 11.0. The molecule has 0 bridgehead atoms. The lowest BCUT2D eigenvalue weighted by Gasteiger charge is -2.07. The lowest BCUT2D eigenvalue weighted by Crippen LogP contribution is -2.04. The van der Waals surface area contributed by atoms with Crippen LogP contribution >= 0.6 is 50.1 Å². The van der Waals surface area contributed by atoms with E-state index in [9.17, 15) is 4.79 Å². The number of ketones is 1. The van der Waals surface area contributed by atoms with Crippen molar-refractivity contribution in [1.29, 1.82) is 0 Å². The second-order valence-corrected chi connectivity index (χ2v) is 6.62. The van der Waals surface area contributed by atoms with Gasteiger partial charge in [0.15, 0.2) is 5.78 Å². The molecule has 2 nitrogen and oxygen atoms in total. The smallest absolute Gasteiger partial charge is 0.167 e. The van der Waals surface area contributed by atoms with Crippen LogP contribution in [0.2, 0.25) is 5.02 Å². The largest absolute Gasteiger partial charge is 0.496 e. The first-order valence-electron chi connectivity index (χ1n) is 5.82. The molecule has 2 aromatic carbocycles. The van der Waals surface area contributed by atoms with Crippen molar-refractivity contribution in [3.05, 3.63) is 60.6 Å². The van der Waals surface area contributed by atoms with Gasteiger partial charge < -0.3 is 4.74 Å². The van der Waals surface area contributed by atoms with Crippen LogP contribution in [-0.2, 0) is 6.42 Å². The number of hydrogen-bond acceptors (Lipinski definition) is 2. The Bertz CT molecular complexity index is 658. The average molecular weight is 466 g/mol. The first-order valence-corrected chi connectivity index (χ1v) is 8.07. The fraction of sp³-hybridized carbons (Fsp3) is 0.133. The summed E-state index contributed by atoms with van der Waals surface area (Å²) in [6.07, 6.45) is 0.333. The number of ether oxygens (including phenoxy) is 1. The molecule has 0 saturated carbocycles. The molecule has 104 valence electrons. The van der Waals surface area contributed by atoms with Gasteiger partial charge >= 0.3 is 0 Å². The fourth-order valence-electron chi connectivity index (χ4n) is 1.78. The van der Waals surface area contributed by atoms with Gasteiger partial charge in [0.2, 0.25) is 0 Å². The molecule has 0 aliphatic heterocycles. The molecule has 20 heavy (non-hydrogen) atoms. The van der Waals surface area contributed by atoms with Crippen molar-refractivity contribution in [2.75, 3.05) is 7.11 Å². The Kier molecular flexibility index (Phi) is 5.46. The van der Waals surface area contributed by atoms with E-state index in [2.05, 4.69) is 38.5 Å². The minimum atomic E-state index is 0.0420. The van der Waals surface area contributed by atoms with E-state index in [1.807, 2.05) is 24.3 Å². The van der Waals surface area contributed by atoms with Gasteiger partial charge in [-0.25, -0.2) is 0 Å². The summed E-state index contributed by atoms with van der Waals surface area (Å²) in [5.74, 6) is 0.791. The average Bonchev–Trinajstić information content (AvgIpc) is 2.42. The Morgan fingerprint density at radius 1 is 1.30 bits per heavy atom. The molecule has 2 rings (SSSR count). The molecule has 2 aromatic rings. The van der Waals surface area contributed by atoms with E-state index in [0.717, 1.165) is 19.4 Å². The summed E-state index contributed by atoms with van der Waals surface area (Å²) in [5, 5.41) is 0.604. The summed E-state index contributed by atoms with van der Waals surface area (Å²) in [5.41, 5.74) is 1.56. The number of rotatable bonds is 4. The standard InChI is InChI=1S/C15H11BrClIO2/c1-20-15-5-2-9(6-11(15)16)7-14(19)10-3-4-13(18)12(17)8-10/h2-6,8H,7H2,1H3. The van der Waals surface area contributed by atoms with Gasteiger partial charge in [0, 0.05) is 15.6 Å². The SMILES string of the molecule is COc1ccc(CC(=O)c2ccc(I)c(Cl)c2)cc1Br. The Morgan fingerprint density at radius 3 is 2.65 bits per heavy atom. The lowest BCUT2D eigenvalue weighted by atomic mass is 10.0. The minimum Gasteiger partial charge on any atom is -0.496 e. The lowest BCUT2D eigenvalue weighted by molar-refractivity contribution is 0.0993. The number of methoxy groups -OCH3 is 1. The van der Waals surface area contributed by atoms with Crippen molar-refractivity contribution in [3.8, 4) is 5.75 Å². The zero-order valence-electron chi connectivity index (χ0n) is 10.6. The molecule has 0 atom stereocenters. The number of benzene rings is 2. The van der Waals surface area contributed by atoms with E-state index in [0.29, 0.717) is 17.0 Å². The third kappa shape index (κ3) is 3.74. The summed E-state index contributed by atoms with van der Waals surface area (Å²) in [6.45, 7) is 0. The van der Waals surface area contributed by atoms with Crippen LogP contribution in [0.4, 0.5) is 0 Å². The first kappa shape index (κ1) is 15.8. The molecule has 0 unspecified atom stereocenters. The second-order valence-electron chi connectivity index (χ2n) is 4.20. The van der Waals surface area contributed by atoms with Crippen molar-refractivity contribution < 1.29 is 9.53 Å². The van der Waals surface area contributed by atoms with Crippen molar-refractivity contribution in [3.63, 3.8) is 0 Å². The van der Waals surface area contributed by atoms with Crippen LogP contribution in [0.25, 0.3) is 0 Å². The predicted molar refractivity (Wildman–Crippen MR) is 92.9 cm³/mol. The highest BCUT2D eigenvalue weighted by Crippen LogP contribution is 2.26. The van der Waals surface area contributed by atoms with E-state index in [1.54, 1.807) is 19.2 Å². The highest BCUT2D eigenvalue weighted by atomic mass is 127. The Hall–Kier alpha value is -0.590. The summed E-state index contributed by atoms with van der Waals surface area (Å²) < 4.78 is 6.95. The molecule has 0 amide bonds. The highest BCUT2D eigenvalue weighted by Gasteiger charge is 2.10. The second kappa shape index (κ2) is 6.91. The first-order chi connectivity index (χ1) is 9.51. The van der Waals surface area contributed by atoms with Gasteiger partial charge in [-0.2, -0.15) is 0 Å². The third-order valence-electron chi connectivity index (χ3n) is 2.82. The number of halogens is 3. The van der Waals surface area contributed by atoms with Crippen LogP contribution in [0.5, 0.6) is 5.75 Å². The predicted octanol–water partition coefficient (Wildman–Crippen LogP) is 5.14. The summed E-state index contributed by atoms with van der Waals surface area (Å²) >= 11 is 11.6. The third-order valence-corrected chi connectivity index (χ3v) is 5.01. The van der Waals surface area contributed by atoms with E-state index >= 15 is 0 Å². The summed E-state index contributed by atoms with van der Waals surface area (Å²) in [7, 11) is 1.61. The minimum absolute atomic E-state index is 0.0420. The number of carbonyl (C=O) groups excluding carboxylic acids is 1. The fourth-order valence-corrected chi connectivity index (χ4v) is 2.88. The molecule has 0 spiro atoms. The number of carbonyl (C=O) groups is 1. The molecule has 0 N–H and O–H groups in total. The van der Waals surface area contributed by atoms with Crippen LogP contribution in [0.15, 0.2) is 40.9 Å². The van der Waals surface area contributed by atoms with E-state index in [4.69, 9.17) is 16.3 Å². The van der Waals surface area contributed by atoms with Crippen molar-refractivity contribution >= 4 is 55.9 Å². The topological polar surface area (TPSA) is 26.3 Å². The molecule has 0 fully saturated rings. The van der Waals surface area contributed by atoms with E-state index < -0.39 is 0 Å². The quantitative estimate of drug-likeness (QED) is 0.462. The van der Waals surface area contributed by atoms with Crippen LogP contribution < -0.4 is 4.74 Å². The molecule has 0 aliphatic carbocycles. The van der Waals surface area contributed by atoms with Gasteiger partial charge in [-0.15, -0.1) is 0 Å².